The third-order valence-corrected chi connectivity index (χ3v) is 7.59. The molecule has 0 saturated carbocycles. The quantitative estimate of drug-likeness (QED) is 0.317. The van der Waals surface area contributed by atoms with Crippen LogP contribution in [0.2, 0.25) is 0 Å². The molecule has 0 amide bonds. The molecule has 1 N–H and O–H groups in total. The van der Waals surface area contributed by atoms with Crippen molar-refractivity contribution in [3.63, 3.8) is 0 Å². The summed E-state index contributed by atoms with van der Waals surface area (Å²) in [6.45, 7) is 4.51. The lowest BCUT2D eigenvalue weighted by Gasteiger charge is -2.33. The van der Waals surface area contributed by atoms with Crippen molar-refractivity contribution in [1.82, 2.24) is 15.1 Å². The van der Waals surface area contributed by atoms with E-state index in [9.17, 15) is 5.11 Å². The minimum absolute atomic E-state index is 0.216. The number of furan rings is 1. The number of nitrogens with zero attached hydrogens (tertiary/aromatic N) is 3. The van der Waals surface area contributed by atoms with Crippen LogP contribution in [-0.2, 0) is 0 Å². The number of piperidine rings is 1. The molecule has 1 atom stereocenters. The van der Waals surface area contributed by atoms with Crippen molar-refractivity contribution < 1.29 is 18.7 Å². The van der Waals surface area contributed by atoms with Gasteiger partial charge in [0.05, 0.1) is 5.39 Å². The Morgan fingerprint density at radius 3 is 2.83 bits per heavy atom. The number of aryl methyl sites for hydroxylation is 1. The molecule has 7 nitrogen and oxygen atoms in total. The van der Waals surface area contributed by atoms with Crippen LogP contribution in [0.4, 0.5) is 0 Å². The predicted molar refractivity (Wildman–Crippen MR) is 136 cm³/mol. The van der Waals surface area contributed by atoms with Gasteiger partial charge in [0.1, 0.15) is 24.0 Å². The second-order valence-electron chi connectivity index (χ2n) is 9.16. The number of thiophene rings is 1. The van der Waals surface area contributed by atoms with Gasteiger partial charge in [-0.05, 0) is 72.4 Å². The number of hydrogen-bond acceptors (Lipinski definition) is 8. The lowest BCUT2D eigenvalue weighted by molar-refractivity contribution is 0.0599. The third-order valence-electron chi connectivity index (χ3n) is 6.69. The highest BCUT2D eigenvalue weighted by Crippen LogP contribution is 2.34. The van der Waals surface area contributed by atoms with E-state index in [1.807, 2.05) is 24.3 Å². The van der Waals surface area contributed by atoms with Crippen LogP contribution in [0.1, 0.15) is 30.2 Å². The molecule has 1 fully saturated rings. The number of aliphatic hydroxyl groups excluding tert-OH is 1. The molecule has 0 aliphatic carbocycles. The standard InChI is InChI=1S/C27H27N3O4S/c1-17-28-29-27(33-17)25-14-22-23(3-2-4-24(22)34-25)32-16-21(31)15-30-10-7-18(8-11-30)19-5-6-26-20(13-19)9-12-35-26/h2-6,9,12-14,18,21,31H,7-8,10-11,15-16H2,1H3/t21-/m0/s1. The maximum atomic E-state index is 10.7. The van der Waals surface area contributed by atoms with E-state index in [4.69, 9.17) is 13.6 Å². The van der Waals surface area contributed by atoms with Crippen LogP contribution in [0, 0.1) is 6.92 Å². The molecule has 0 bridgehead atoms. The van der Waals surface area contributed by atoms with Gasteiger partial charge < -0.3 is 23.6 Å². The van der Waals surface area contributed by atoms with Gasteiger partial charge in [0.25, 0.3) is 5.89 Å². The number of aromatic nitrogens is 2. The van der Waals surface area contributed by atoms with Crippen molar-refractivity contribution in [3.05, 3.63) is 65.4 Å². The summed E-state index contributed by atoms with van der Waals surface area (Å²) >= 11 is 1.79. The molecule has 8 heteroatoms. The maximum absolute atomic E-state index is 10.7. The maximum Gasteiger partial charge on any atom is 0.283 e. The van der Waals surface area contributed by atoms with Crippen LogP contribution in [0.5, 0.6) is 5.75 Å². The largest absolute Gasteiger partial charge is 0.490 e. The van der Waals surface area contributed by atoms with Crippen molar-refractivity contribution in [1.29, 1.82) is 0 Å². The van der Waals surface area contributed by atoms with Crippen LogP contribution < -0.4 is 4.74 Å². The summed E-state index contributed by atoms with van der Waals surface area (Å²) < 4.78 is 18.7. The van der Waals surface area contributed by atoms with Gasteiger partial charge in [-0.3, -0.25) is 0 Å². The Kier molecular flexibility index (Phi) is 6.01. The fraction of sp³-hybridized carbons (Fsp3) is 0.333. The summed E-state index contributed by atoms with van der Waals surface area (Å²) in [5.41, 5.74) is 2.10. The van der Waals surface area contributed by atoms with Gasteiger partial charge in [-0.2, -0.15) is 0 Å². The van der Waals surface area contributed by atoms with Crippen LogP contribution in [0.25, 0.3) is 32.7 Å². The average Bonchev–Trinajstić information content (AvgIpc) is 3.62. The lowest BCUT2D eigenvalue weighted by atomic mass is 9.89. The first-order valence-corrected chi connectivity index (χ1v) is 12.8. The molecule has 5 aromatic rings. The summed E-state index contributed by atoms with van der Waals surface area (Å²) in [7, 11) is 0. The van der Waals surface area contributed by atoms with E-state index in [0.29, 0.717) is 41.3 Å². The van der Waals surface area contributed by atoms with Crippen molar-refractivity contribution in [2.75, 3.05) is 26.2 Å². The molecule has 1 aliphatic heterocycles. The minimum atomic E-state index is -0.575. The summed E-state index contributed by atoms with van der Waals surface area (Å²) in [6.07, 6.45) is 1.64. The highest BCUT2D eigenvalue weighted by molar-refractivity contribution is 7.17. The molecule has 0 radical (unpaired) electrons. The predicted octanol–water partition coefficient (Wildman–Crippen LogP) is 5.63. The van der Waals surface area contributed by atoms with Crippen molar-refractivity contribution >= 4 is 32.4 Å². The summed E-state index contributed by atoms with van der Waals surface area (Å²) in [5.74, 6) is 2.56. The highest BCUT2D eigenvalue weighted by atomic mass is 32.1. The van der Waals surface area contributed by atoms with Gasteiger partial charge in [0.15, 0.2) is 5.76 Å². The monoisotopic (exact) mass is 489 g/mol. The fourth-order valence-electron chi connectivity index (χ4n) is 4.89. The fourth-order valence-corrected chi connectivity index (χ4v) is 5.66. The second-order valence-corrected chi connectivity index (χ2v) is 10.1. The molecule has 180 valence electrons. The van der Waals surface area contributed by atoms with E-state index in [0.717, 1.165) is 31.3 Å². The molecule has 6 rings (SSSR count). The average molecular weight is 490 g/mol. The van der Waals surface area contributed by atoms with Gasteiger partial charge in [-0.1, -0.05) is 18.2 Å². The lowest BCUT2D eigenvalue weighted by Crippen LogP contribution is -2.40. The number of hydrogen-bond donors (Lipinski definition) is 1. The minimum Gasteiger partial charge on any atom is -0.490 e. The zero-order chi connectivity index (χ0) is 23.8. The first-order valence-electron chi connectivity index (χ1n) is 12.0. The first-order chi connectivity index (χ1) is 17.1. The number of likely N-dealkylation sites (tertiary alicyclic amines) is 1. The molecular weight excluding hydrogens is 462 g/mol. The third kappa shape index (κ3) is 4.69. The van der Waals surface area contributed by atoms with E-state index in [1.54, 1.807) is 18.3 Å². The van der Waals surface area contributed by atoms with Crippen molar-refractivity contribution in [2.24, 2.45) is 0 Å². The van der Waals surface area contributed by atoms with Gasteiger partial charge >= 0.3 is 0 Å². The molecule has 35 heavy (non-hydrogen) atoms. The zero-order valence-electron chi connectivity index (χ0n) is 19.5. The van der Waals surface area contributed by atoms with Gasteiger partial charge in [0, 0.05) is 24.2 Å². The number of fused-ring (bicyclic) bond motifs is 2. The molecule has 3 aromatic heterocycles. The molecule has 4 heterocycles. The normalized spacial score (nSPS) is 16.3. The van der Waals surface area contributed by atoms with Crippen LogP contribution in [0.15, 0.2) is 62.7 Å². The molecule has 0 spiro atoms. The van der Waals surface area contributed by atoms with Gasteiger partial charge in [0.2, 0.25) is 5.89 Å². The number of rotatable bonds is 7. The zero-order valence-corrected chi connectivity index (χ0v) is 20.3. The van der Waals surface area contributed by atoms with E-state index < -0.39 is 6.10 Å². The van der Waals surface area contributed by atoms with Crippen LogP contribution in [-0.4, -0.2) is 52.5 Å². The Bertz CT molecular complexity index is 1450. The Labute approximate surface area is 206 Å². The van der Waals surface area contributed by atoms with Crippen molar-refractivity contribution in [3.8, 4) is 17.4 Å². The Morgan fingerprint density at radius 1 is 1.11 bits per heavy atom. The van der Waals surface area contributed by atoms with E-state index >= 15 is 0 Å². The van der Waals surface area contributed by atoms with Gasteiger partial charge in [-0.25, -0.2) is 0 Å². The Morgan fingerprint density at radius 2 is 2.00 bits per heavy atom. The number of benzene rings is 2. The van der Waals surface area contributed by atoms with Crippen LogP contribution in [0.3, 0.4) is 0 Å². The number of β-amino-alcohol motifs (C(OH)–C–C–N with tert-alkyl or cyclic N) is 1. The van der Waals surface area contributed by atoms with Crippen molar-refractivity contribution in [2.45, 2.75) is 31.8 Å². The molecule has 1 aliphatic rings. The second kappa shape index (κ2) is 9.45. The Balaban J connectivity index is 1.04. The molecular formula is C27H27N3O4S. The number of aliphatic hydroxyl groups is 1. The van der Waals surface area contributed by atoms with E-state index in [1.165, 1.54) is 15.6 Å². The number of ether oxygens (including phenoxy) is 1. The first kappa shape index (κ1) is 22.3. The van der Waals surface area contributed by atoms with Crippen LogP contribution >= 0.6 is 11.3 Å². The summed E-state index contributed by atoms with van der Waals surface area (Å²) in [4.78, 5) is 2.34. The SMILES string of the molecule is Cc1nnc(-c2cc3c(OC[C@@H](O)CN4CCC(c5ccc6sccc6c5)CC4)cccc3o2)o1. The summed E-state index contributed by atoms with van der Waals surface area (Å²) in [5, 5.41) is 22.9. The molecule has 2 aromatic carbocycles. The Hall–Kier alpha value is -3.20. The van der Waals surface area contributed by atoms with E-state index in [2.05, 4.69) is 44.7 Å². The topological polar surface area (TPSA) is 84.8 Å². The summed E-state index contributed by atoms with van der Waals surface area (Å²) in [6, 6.07) is 16.5. The molecule has 0 unspecified atom stereocenters. The highest BCUT2D eigenvalue weighted by Gasteiger charge is 2.23. The van der Waals surface area contributed by atoms with Gasteiger partial charge in [-0.15, -0.1) is 21.5 Å². The smallest absolute Gasteiger partial charge is 0.283 e. The molecule has 1 saturated heterocycles. The van der Waals surface area contributed by atoms with E-state index in [-0.39, 0.29) is 6.61 Å².